The molecule has 4 heteroatoms. The highest BCUT2D eigenvalue weighted by atomic mass is 16.3. The first kappa shape index (κ1) is 16.6. The summed E-state index contributed by atoms with van der Waals surface area (Å²) in [6.07, 6.45) is 5.78. The second-order valence-corrected chi connectivity index (χ2v) is 7.98. The number of benzene rings is 1. The molecular weight excluding hydrogens is 312 g/mol. The van der Waals surface area contributed by atoms with Crippen molar-refractivity contribution < 1.29 is 9.21 Å². The Labute approximate surface area is 149 Å². The van der Waals surface area contributed by atoms with E-state index in [4.69, 9.17) is 4.42 Å². The van der Waals surface area contributed by atoms with Crippen molar-refractivity contribution in [1.82, 2.24) is 9.80 Å². The molecule has 1 saturated heterocycles. The van der Waals surface area contributed by atoms with Gasteiger partial charge in [0.15, 0.2) is 0 Å². The van der Waals surface area contributed by atoms with Gasteiger partial charge in [0.1, 0.15) is 5.58 Å². The van der Waals surface area contributed by atoms with E-state index in [0.717, 1.165) is 62.1 Å². The van der Waals surface area contributed by atoms with Gasteiger partial charge in [-0.15, -0.1) is 0 Å². The van der Waals surface area contributed by atoms with E-state index in [1.807, 2.05) is 4.90 Å². The van der Waals surface area contributed by atoms with Crippen LogP contribution in [0.4, 0.5) is 0 Å². The molecule has 1 aromatic heterocycles. The summed E-state index contributed by atoms with van der Waals surface area (Å²) < 4.78 is 5.74. The van der Waals surface area contributed by atoms with Gasteiger partial charge in [0.25, 0.3) is 0 Å². The summed E-state index contributed by atoms with van der Waals surface area (Å²) in [5.74, 6) is 0.911. The van der Waals surface area contributed by atoms with Gasteiger partial charge in [0, 0.05) is 43.7 Å². The van der Waals surface area contributed by atoms with Crippen LogP contribution in [0.25, 0.3) is 11.0 Å². The maximum absolute atomic E-state index is 12.7. The van der Waals surface area contributed by atoms with E-state index < -0.39 is 0 Å². The summed E-state index contributed by atoms with van der Waals surface area (Å²) in [5, 5.41) is 1.13. The summed E-state index contributed by atoms with van der Waals surface area (Å²) in [4.78, 5) is 17.2. The van der Waals surface area contributed by atoms with Crippen molar-refractivity contribution in [2.45, 2.75) is 39.5 Å². The minimum absolute atomic E-state index is 0.229. The van der Waals surface area contributed by atoms with Crippen LogP contribution < -0.4 is 0 Å². The molecule has 25 heavy (non-hydrogen) atoms. The quantitative estimate of drug-likeness (QED) is 0.857. The molecule has 4 nitrogen and oxygen atoms in total. The van der Waals surface area contributed by atoms with E-state index in [9.17, 15) is 4.79 Å². The zero-order valence-corrected chi connectivity index (χ0v) is 15.4. The maximum Gasteiger partial charge on any atom is 0.227 e. The number of rotatable bonds is 4. The van der Waals surface area contributed by atoms with Gasteiger partial charge in [-0.1, -0.05) is 13.8 Å². The first-order valence-corrected chi connectivity index (χ1v) is 9.62. The van der Waals surface area contributed by atoms with Gasteiger partial charge in [-0.3, -0.25) is 9.69 Å². The predicted molar refractivity (Wildman–Crippen MR) is 99.8 cm³/mol. The van der Waals surface area contributed by atoms with Crippen LogP contribution in [0.2, 0.25) is 0 Å². The van der Waals surface area contributed by atoms with Crippen LogP contribution in [-0.2, 0) is 24.1 Å². The lowest BCUT2D eigenvalue weighted by molar-refractivity contribution is -0.132. The third kappa shape index (κ3) is 3.45. The van der Waals surface area contributed by atoms with E-state index in [1.54, 1.807) is 6.26 Å². The lowest BCUT2D eigenvalue weighted by Crippen LogP contribution is -2.49. The number of fused-ring (bicyclic) bond motifs is 2. The first-order chi connectivity index (χ1) is 12.1. The molecule has 0 radical (unpaired) electrons. The van der Waals surface area contributed by atoms with Crippen LogP contribution in [0.1, 0.15) is 37.0 Å². The second-order valence-electron chi connectivity index (χ2n) is 7.98. The molecule has 1 aliphatic heterocycles. The fourth-order valence-corrected chi connectivity index (χ4v) is 4.26. The first-order valence-electron chi connectivity index (χ1n) is 9.62. The zero-order chi connectivity index (χ0) is 17.4. The number of furan rings is 1. The molecule has 0 bridgehead atoms. The average Bonchev–Trinajstić information content (AvgIpc) is 3.19. The number of hydrogen-bond donors (Lipinski definition) is 0. The Morgan fingerprint density at radius 3 is 2.56 bits per heavy atom. The molecule has 1 aromatic carbocycles. The number of piperazine rings is 1. The van der Waals surface area contributed by atoms with E-state index in [1.165, 1.54) is 17.5 Å². The predicted octanol–water partition coefficient (Wildman–Crippen LogP) is 3.26. The van der Waals surface area contributed by atoms with Gasteiger partial charge < -0.3 is 9.32 Å². The van der Waals surface area contributed by atoms with Gasteiger partial charge >= 0.3 is 0 Å². The number of aryl methyl sites for hydroxylation is 2. The minimum atomic E-state index is 0.229. The molecule has 2 aliphatic rings. The monoisotopic (exact) mass is 340 g/mol. The van der Waals surface area contributed by atoms with Crippen molar-refractivity contribution in [1.29, 1.82) is 0 Å². The summed E-state index contributed by atoms with van der Waals surface area (Å²) >= 11 is 0. The van der Waals surface area contributed by atoms with Gasteiger partial charge in [-0.05, 0) is 48.4 Å². The topological polar surface area (TPSA) is 36.7 Å². The van der Waals surface area contributed by atoms with Crippen molar-refractivity contribution >= 4 is 16.9 Å². The third-order valence-corrected chi connectivity index (χ3v) is 5.56. The van der Waals surface area contributed by atoms with E-state index in [2.05, 4.69) is 30.9 Å². The van der Waals surface area contributed by atoms with E-state index in [-0.39, 0.29) is 5.91 Å². The Kier molecular flexibility index (Phi) is 4.55. The highest BCUT2D eigenvalue weighted by molar-refractivity contribution is 5.88. The lowest BCUT2D eigenvalue weighted by atomic mass is 10.0. The Hall–Kier alpha value is -1.81. The van der Waals surface area contributed by atoms with Crippen molar-refractivity contribution in [3.63, 3.8) is 0 Å². The lowest BCUT2D eigenvalue weighted by Gasteiger charge is -2.35. The fourth-order valence-electron chi connectivity index (χ4n) is 4.26. The van der Waals surface area contributed by atoms with Gasteiger partial charge in [-0.25, -0.2) is 0 Å². The van der Waals surface area contributed by atoms with Crippen LogP contribution in [0.3, 0.4) is 0 Å². The summed E-state index contributed by atoms with van der Waals surface area (Å²) in [6, 6.07) is 4.43. The molecule has 0 N–H and O–H groups in total. The van der Waals surface area contributed by atoms with E-state index >= 15 is 0 Å². The Bertz CT molecular complexity index is 770. The number of nitrogens with zero attached hydrogens (tertiary/aromatic N) is 2. The minimum Gasteiger partial charge on any atom is -0.464 e. The summed E-state index contributed by atoms with van der Waals surface area (Å²) in [7, 11) is 0. The van der Waals surface area contributed by atoms with Crippen molar-refractivity contribution in [2.75, 3.05) is 32.7 Å². The summed E-state index contributed by atoms with van der Waals surface area (Å²) in [6.45, 7) is 9.29. The molecule has 134 valence electrons. The van der Waals surface area contributed by atoms with Crippen molar-refractivity contribution in [2.24, 2.45) is 5.92 Å². The standard InChI is InChI=1S/C21H28N2O2/c1-15(2)13-22-6-8-23(9-7-22)21(24)12-18-14-25-20-11-17-5-3-4-16(17)10-19(18)20/h10-11,14-15H,3-9,12-13H2,1-2H3. The number of carbonyl (C=O) groups is 1. The van der Waals surface area contributed by atoms with E-state index in [0.29, 0.717) is 12.3 Å². The summed E-state index contributed by atoms with van der Waals surface area (Å²) in [5.41, 5.74) is 4.83. The van der Waals surface area contributed by atoms with Crippen LogP contribution in [-0.4, -0.2) is 48.4 Å². The molecule has 1 amide bonds. The Morgan fingerprint density at radius 2 is 1.84 bits per heavy atom. The largest absolute Gasteiger partial charge is 0.464 e. The average molecular weight is 340 g/mol. The van der Waals surface area contributed by atoms with Gasteiger partial charge in [0.05, 0.1) is 12.7 Å². The zero-order valence-electron chi connectivity index (χ0n) is 15.4. The number of amides is 1. The van der Waals surface area contributed by atoms with Crippen LogP contribution >= 0.6 is 0 Å². The fraction of sp³-hybridized carbons (Fsp3) is 0.571. The van der Waals surface area contributed by atoms with Crippen molar-refractivity contribution in [3.05, 3.63) is 35.1 Å². The maximum atomic E-state index is 12.7. The smallest absolute Gasteiger partial charge is 0.227 e. The second kappa shape index (κ2) is 6.83. The number of hydrogen-bond acceptors (Lipinski definition) is 3. The van der Waals surface area contributed by atoms with Gasteiger partial charge in [-0.2, -0.15) is 0 Å². The molecule has 2 heterocycles. The highest BCUT2D eigenvalue weighted by Gasteiger charge is 2.23. The Balaban J connectivity index is 1.42. The normalized spacial score (nSPS) is 18.3. The molecule has 0 atom stereocenters. The molecule has 0 saturated carbocycles. The molecule has 0 unspecified atom stereocenters. The van der Waals surface area contributed by atoms with Crippen LogP contribution in [0.15, 0.2) is 22.8 Å². The SMILES string of the molecule is CC(C)CN1CCN(C(=O)Cc2coc3cc4c(cc23)CCC4)CC1. The molecule has 1 aliphatic carbocycles. The molecule has 2 aromatic rings. The Morgan fingerprint density at radius 1 is 1.12 bits per heavy atom. The molecule has 1 fully saturated rings. The third-order valence-electron chi connectivity index (χ3n) is 5.56. The van der Waals surface area contributed by atoms with Gasteiger partial charge in [0.2, 0.25) is 5.91 Å². The molecule has 0 spiro atoms. The van der Waals surface area contributed by atoms with Crippen LogP contribution in [0, 0.1) is 5.92 Å². The number of carbonyl (C=O) groups excluding carboxylic acids is 1. The van der Waals surface area contributed by atoms with Crippen molar-refractivity contribution in [3.8, 4) is 0 Å². The molecular formula is C21H28N2O2. The highest BCUT2D eigenvalue weighted by Crippen LogP contribution is 2.30. The van der Waals surface area contributed by atoms with Crippen LogP contribution in [0.5, 0.6) is 0 Å². The molecule has 4 rings (SSSR count).